The molecule has 0 aliphatic carbocycles. The van der Waals surface area contributed by atoms with Crippen molar-refractivity contribution in [1.82, 2.24) is 10.1 Å². The van der Waals surface area contributed by atoms with E-state index in [0.717, 1.165) is 11.3 Å². The lowest BCUT2D eigenvalue weighted by atomic mass is 10.0. The second-order valence-electron chi connectivity index (χ2n) is 7.70. The highest BCUT2D eigenvalue weighted by Crippen LogP contribution is 2.32. The SMILES string of the molecule is CO[N+](=O)c1ccc(N2CCN(C(=O)c3c(-c4ccccc4)noc3C)C(C)C2)c(Cl)c1. The summed E-state index contributed by atoms with van der Waals surface area (Å²) in [5.41, 5.74) is 3.02. The number of carbonyl (C=O) groups excluding carboxylic acids is 1. The van der Waals surface area contributed by atoms with Gasteiger partial charge in [-0.3, -0.25) is 4.79 Å². The van der Waals surface area contributed by atoms with Crippen LogP contribution in [0.5, 0.6) is 0 Å². The Balaban J connectivity index is 1.53. The molecule has 1 amide bonds. The van der Waals surface area contributed by atoms with E-state index in [-0.39, 0.29) is 11.9 Å². The van der Waals surface area contributed by atoms with Gasteiger partial charge in [0, 0.05) is 43.4 Å². The van der Waals surface area contributed by atoms with Crippen LogP contribution in [0, 0.1) is 11.8 Å². The normalized spacial score (nSPS) is 16.2. The molecule has 0 N–H and O–H groups in total. The number of piperazine rings is 1. The number of carbonyl (C=O) groups is 1. The lowest BCUT2D eigenvalue weighted by Gasteiger charge is -2.41. The van der Waals surface area contributed by atoms with Crippen molar-refractivity contribution in [2.75, 3.05) is 31.6 Å². The molecular formula is C23H24ClN4O4+. The van der Waals surface area contributed by atoms with Crippen molar-refractivity contribution in [2.45, 2.75) is 19.9 Å². The molecule has 1 atom stereocenters. The van der Waals surface area contributed by atoms with Gasteiger partial charge in [0.2, 0.25) is 0 Å². The van der Waals surface area contributed by atoms with Gasteiger partial charge in [-0.1, -0.05) is 47.1 Å². The largest absolute Gasteiger partial charge is 0.366 e. The minimum Gasteiger partial charge on any atom is -0.366 e. The predicted molar refractivity (Wildman–Crippen MR) is 121 cm³/mol. The molecule has 0 radical (unpaired) electrons. The fraction of sp³-hybridized carbons (Fsp3) is 0.304. The molecule has 8 nitrogen and oxygen atoms in total. The van der Waals surface area contributed by atoms with E-state index in [2.05, 4.69) is 14.9 Å². The maximum Gasteiger partial charge on any atom is 0.318 e. The zero-order valence-electron chi connectivity index (χ0n) is 18.1. The van der Waals surface area contributed by atoms with Gasteiger partial charge in [-0.15, -0.1) is 0 Å². The highest BCUT2D eigenvalue weighted by atomic mass is 35.5. The van der Waals surface area contributed by atoms with Crippen molar-refractivity contribution >= 4 is 28.9 Å². The van der Waals surface area contributed by atoms with Gasteiger partial charge in [0.05, 0.1) is 15.6 Å². The molecule has 1 aromatic heterocycles. The lowest BCUT2D eigenvalue weighted by Crippen LogP contribution is -2.54. The van der Waals surface area contributed by atoms with Gasteiger partial charge in [-0.25, -0.2) is 4.84 Å². The van der Waals surface area contributed by atoms with E-state index in [1.807, 2.05) is 42.2 Å². The maximum absolute atomic E-state index is 13.5. The number of hydrogen-bond donors (Lipinski definition) is 0. The Morgan fingerprint density at radius 2 is 1.97 bits per heavy atom. The van der Waals surface area contributed by atoms with Crippen molar-refractivity contribution in [1.29, 1.82) is 0 Å². The number of aromatic nitrogens is 1. The van der Waals surface area contributed by atoms with E-state index in [1.54, 1.807) is 25.1 Å². The zero-order chi connectivity index (χ0) is 22.8. The summed E-state index contributed by atoms with van der Waals surface area (Å²) in [6, 6.07) is 14.5. The minimum absolute atomic E-state index is 0.0695. The van der Waals surface area contributed by atoms with E-state index in [4.69, 9.17) is 16.1 Å². The third-order valence-corrected chi connectivity index (χ3v) is 5.96. The van der Waals surface area contributed by atoms with Crippen LogP contribution < -0.4 is 4.90 Å². The summed E-state index contributed by atoms with van der Waals surface area (Å²) in [7, 11) is 1.30. The van der Waals surface area contributed by atoms with Gasteiger partial charge >= 0.3 is 5.69 Å². The van der Waals surface area contributed by atoms with Gasteiger partial charge in [-0.2, -0.15) is 0 Å². The third kappa shape index (κ3) is 4.05. The molecule has 1 unspecified atom stereocenters. The molecule has 0 saturated carbocycles. The molecule has 32 heavy (non-hydrogen) atoms. The van der Waals surface area contributed by atoms with E-state index in [0.29, 0.717) is 52.3 Å². The first kappa shape index (κ1) is 21.8. The average Bonchev–Trinajstić information content (AvgIpc) is 3.19. The number of benzene rings is 2. The summed E-state index contributed by atoms with van der Waals surface area (Å²) in [5, 5.41) is 4.59. The molecule has 9 heteroatoms. The van der Waals surface area contributed by atoms with Crippen LogP contribution in [0.15, 0.2) is 53.1 Å². The first-order chi connectivity index (χ1) is 15.4. The molecule has 4 rings (SSSR count). The summed E-state index contributed by atoms with van der Waals surface area (Å²) < 4.78 is 5.38. The van der Waals surface area contributed by atoms with E-state index >= 15 is 0 Å². The minimum atomic E-state index is -0.0988. The third-order valence-electron chi connectivity index (χ3n) is 5.66. The summed E-state index contributed by atoms with van der Waals surface area (Å²) in [6.07, 6.45) is 0. The Morgan fingerprint density at radius 3 is 2.62 bits per heavy atom. The van der Waals surface area contributed by atoms with Crippen LogP contribution in [0.1, 0.15) is 23.0 Å². The number of rotatable bonds is 5. The van der Waals surface area contributed by atoms with Crippen LogP contribution in [0.25, 0.3) is 11.3 Å². The first-order valence-corrected chi connectivity index (χ1v) is 10.7. The topological polar surface area (TPSA) is 78.9 Å². The van der Waals surface area contributed by atoms with Gasteiger partial charge in [0.15, 0.2) is 7.11 Å². The predicted octanol–water partition coefficient (Wildman–Crippen LogP) is 4.63. The highest BCUT2D eigenvalue weighted by molar-refractivity contribution is 6.33. The van der Waals surface area contributed by atoms with Gasteiger partial charge < -0.3 is 14.3 Å². The Hall–Kier alpha value is -3.39. The number of amides is 1. The molecule has 2 heterocycles. The van der Waals surface area contributed by atoms with Crippen molar-refractivity contribution in [3.8, 4) is 11.3 Å². The molecule has 166 valence electrons. The number of anilines is 1. The summed E-state index contributed by atoms with van der Waals surface area (Å²) in [6.45, 7) is 5.48. The zero-order valence-corrected chi connectivity index (χ0v) is 18.9. The van der Waals surface area contributed by atoms with Gasteiger partial charge in [0.1, 0.15) is 17.0 Å². The molecule has 2 aromatic carbocycles. The quantitative estimate of drug-likeness (QED) is 0.522. The summed E-state index contributed by atoms with van der Waals surface area (Å²) in [5.74, 6) is 0.403. The highest BCUT2D eigenvalue weighted by Gasteiger charge is 2.33. The van der Waals surface area contributed by atoms with E-state index < -0.39 is 0 Å². The smallest absolute Gasteiger partial charge is 0.318 e. The Labute approximate surface area is 190 Å². The lowest BCUT2D eigenvalue weighted by molar-refractivity contribution is -0.736. The van der Waals surface area contributed by atoms with Gasteiger partial charge in [-0.05, 0) is 19.9 Å². The van der Waals surface area contributed by atoms with Crippen LogP contribution >= 0.6 is 11.6 Å². The summed E-state index contributed by atoms with van der Waals surface area (Å²) >= 11 is 6.44. The average molecular weight is 456 g/mol. The standard InChI is InChI=1S/C23H24ClN4O4/c1-15-14-26(20-10-9-18(13-19(20)24)28(30)31-3)11-12-27(15)23(29)21-16(2)32-25-22(21)17-7-5-4-6-8-17/h4-10,13,15H,11-12,14H2,1-3H3/q+1. The second-order valence-corrected chi connectivity index (χ2v) is 8.10. The van der Waals surface area contributed by atoms with Gasteiger partial charge in [0.25, 0.3) is 10.8 Å². The Bertz CT molecular complexity index is 1150. The number of nitrogens with zero attached hydrogens (tertiary/aromatic N) is 4. The molecular weight excluding hydrogens is 432 g/mol. The first-order valence-electron chi connectivity index (χ1n) is 10.3. The van der Waals surface area contributed by atoms with E-state index in [1.165, 1.54) is 7.11 Å². The number of aryl methyl sites for hydroxylation is 1. The second kappa shape index (κ2) is 9.00. The van der Waals surface area contributed by atoms with Crippen molar-refractivity contribution in [2.24, 2.45) is 0 Å². The molecule has 1 aliphatic rings. The van der Waals surface area contributed by atoms with Crippen LogP contribution in [0.2, 0.25) is 5.02 Å². The molecule has 0 bridgehead atoms. The summed E-state index contributed by atoms with van der Waals surface area (Å²) in [4.78, 5) is 34.2. The number of hydrogen-bond acceptors (Lipinski definition) is 6. The molecule has 1 saturated heterocycles. The number of halogens is 1. The van der Waals surface area contributed by atoms with E-state index in [9.17, 15) is 9.70 Å². The van der Waals surface area contributed by atoms with Crippen LogP contribution in [-0.2, 0) is 4.84 Å². The van der Waals surface area contributed by atoms with Crippen LogP contribution in [0.4, 0.5) is 11.4 Å². The Morgan fingerprint density at radius 1 is 1.22 bits per heavy atom. The Kier molecular flexibility index (Phi) is 6.14. The van der Waals surface area contributed by atoms with Crippen LogP contribution in [0.3, 0.4) is 0 Å². The molecule has 1 fully saturated rings. The maximum atomic E-state index is 13.5. The molecule has 1 aliphatic heterocycles. The fourth-order valence-electron chi connectivity index (χ4n) is 4.01. The van der Waals surface area contributed by atoms with Crippen molar-refractivity contribution in [3.63, 3.8) is 0 Å². The fourth-order valence-corrected chi connectivity index (χ4v) is 4.30. The van der Waals surface area contributed by atoms with Crippen molar-refractivity contribution in [3.05, 3.63) is 69.8 Å². The van der Waals surface area contributed by atoms with Crippen LogP contribution in [-0.4, -0.2) is 53.7 Å². The molecule has 3 aromatic rings. The molecule has 0 spiro atoms. The monoisotopic (exact) mass is 455 g/mol. The van der Waals surface area contributed by atoms with Crippen molar-refractivity contribution < 1.29 is 19.1 Å².